The minimum absolute atomic E-state index is 0.0738. The van der Waals surface area contributed by atoms with E-state index < -0.39 is 5.97 Å². The Morgan fingerprint density at radius 3 is 2.75 bits per heavy atom. The van der Waals surface area contributed by atoms with Crippen molar-refractivity contribution < 1.29 is 9.90 Å². The Kier molecular flexibility index (Phi) is 7.04. The third kappa shape index (κ3) is 6.26. The van der Waals surface area contributed by atoms with Gasteiger partial charge in [-0.05, 0) is 49.2 Å². The third-order valence-corrected chi connectivity index (χ3v) is 3.62. The second kappa shape index (κ2) is 9.52. The number of carboxylic acids is 1. The standard InChI is InChI=1S/C18H24N4O2/c19-18-16(6-2-9-22-18)21-10-3-8-20-11-7-14-4-1-5-15(12-14)13-17(23)24/h1-2,4-6,9,12,20-21H,3,7-8,10-11,13H2,(H2,19,22)(H,23,24). The molecule has 1 aromatic heterocycles. The Bertz CT molecular complexity index is 661. The van der Waals surface area contributed by atoms with Crippen molar-refractivity contribution >= 4 is 17.5 Å². The molecule has 0 spiro atoms. The number of hydrogen-bond acceptors (Lipinski definition) is 5. The van der Waals surface area contributed by atoms with Crippen molar-refractivity contribution in [2.45, 2.75) is 19.3 Å². The summed E-state index contributed by atoms with van der Waals surface area (Å²) in [6.45, 7) is 2.60. The Labute approximate surface area is 142 Å². The molecule has 0 aliphatic rings. The maximum absolute atomic E-state index is 10.7. The molecular weight excluding hydrogens is 304 g/mol. The molecule has 0 saturated carbocycles. The average Bonchev–Trinajstić information content (AvgIpc) is 2.55. The fraction of sp³-hybridized carbons (Fsp3) is 0.333. The zero-order valence-corrected chi connectivity index (χ0v) is 13.7. The van der Waals surface area contributed by atoms with Crippen LogP contribution < -0.4 is 16.4 Å². The first kappa shape index (κ1) is 17.7. The highest BCUT2D eigenvalue weighted by atomic mass is 16.4. The fourth-order valence-electron chi connectivity index (χ4n) is 2.43. The summed E-state index contributed by atoms with van der Waals surface area (Å²) in [5.74, 6) is -0.279. The van der Waals surface area contributed by atoms with Gasteiger partial charge in [-0.3, -0.25) is 4.79 Å². The van der Waals surface area contributed by atoms with Crippen LogP contribution in [0.3, 0.4) is 0 Å². The van der Waals surface area contributed by atoms with Gasteiger partial charge in [0.25, 0.3) is 0 Å². The lowest BCUT2D eigenvalue weighted by molar-refractivity contribution is -0.136. The Morgan fingerprint density at radius 1 is 1.12 bits per heavy atom. The van der Waals surface area contributed by atoms with E-state index in [1.807, 2.05) is 36.4 Å². The van der Waals surface area contributed by atoms with Gasteiger partial charge in [-0.1, -0.05) is 24.3 Å². The van der Waals surface area contributed by atoms with E-state index in [9.17, 15) is 4.79 Å². The molecule has 0 fully saturated rings. The van der Waals surface area contributed by atoms with Crippen LogP contribution in [0.5, 0.6) is 0 Å². The van der Waals surface area contributed by atoms with Gasteiger partial charge in [0.05, 0.1) is 12.1 Å². The molecule has 0 saturated heterocycles. The fourth-order valence-corrected chi connectivity index (χ4v) is 2.43. The molecule has 1 heterocycles. The SMILES string of the molecule is Nc1ncccc1NCCCNCCc1cccc(CC(=O)O)c1. The van der Waals surface area contributed by atoms with Crippen LogP contribution >= 0.6 is 0 Å². The summed E-state index contributed by atoms with van der Waals surface area (Å²) in [7, 11) is 0. The highest BCUT2D eigenvalue weighted by molar-refractivity contribution is 5.70. The van der Waals surface area contributed by atoms with Gasteiger partial charge in [-0.2, -0.15) is 0 Å². The van der Waals surface area contributed by atoms with Gasteiger partial charge in [0.15, 0.2) is 0 Å². The smallest absolute Gasteiger partial charge is 0.307 e. The topological polar surface area (TPSA) is 100 Å². The summed E-state index contributed by atoms with van der Waals surface area (Å²) in [5.41, 5.74) is 8.63. The molecule has 0 radical (unpaired) electrons. The van der Waals surface area contributed by atoms with Crippen molar-refractivity contribution in [1.29, 1.82) is 0 Å². The highest BCUT2D eigenvalue weighted by Crippen LogP contribution is 2.12. The molecule has 0 unspecified atom stereocenters. The molecular formula is C18H24N4O2. The molecule has 0 aliphatic carbocycles. The number of aromatic nitrogens is 1. The van der Waals surface area contributed by atoms with Gasteiger partial charge >= 0.3 is 5.97 Å². The van der Waals surface area contributed by atoms with Crippen LogP contribution in [0.1, 0.15) is 17.5 Å². The predicted molar refractivity (Wildman–Crippen MR) is 96.1 cm³/mol. The zero-order chi connectivity index (χ0) is 17.2. The minimum Gasteiger partial charge on any atom is -0.481 e. The molecule has 1 aromatic carbocycles. The summed E-state index contributed by atoms with van der Waals surface area (Å²) in [6.07, 6.45) is 3.61. The maximum Gasteiger partial charge on any atom is 0.307 e. The molecule has 128 valence electrons. The Balaban J connectivity index is 1.60. The van der Waals surface area contributed by atoms with Crippen molar-refractivity contribution in [1.82, 2.24) is 10.3 Å². The number of nitrogens with two attached hydrogens (primary N) is 1. The van der Waals surface area contributed by atoms with Gasteiger partial charge in [-0.15, -0.1) is 0 Å². The van der Waals surface area contributed by atoms with Crippen LogP contribution in [0.2, 0.25) is 0 Å². The first-order valence-electron chi connectivity index (χ1n) is 8.10. The van der Waals surface area contributed by atoms with Gasteiger partial charge in [0.1, 0.15) is 5.82 Å². The summed E-state index contributed by atoms with van der Waals surface area (Å²) in [6, 6.07) is 11.5. The van der Waals surface area contributed by atoms with Crippen LogP contribution in [0.25, 0.3) is 0 Å². The Morgan fingerprint density at radius 2 is 1.96 bits per heavy atom. The van der Waals surface area contributed by atoms with Crippen molar-refractivity contribution in [2.24, 2.45) is 0 Å². The van der Waals surface area contributed by atoms with Crippen molar-refractivity contribution in [3.05, 3.63) is 53.7 Å². The molecule has 0 amide bonds. The molecule has 2 rings (SSSR count). The second-order valence-corrected chi connectivity index (χ2v) is 5.61. The molecule has 24 heavy (non-hydrogen) atoms. The van der Waals surface area contributed by atoms with Crippen LogP contribution in [0.4, 0.5) is 11.5 Å². The molecule has 5 N–H and O–H groups in total. The van der Waals surface area contributed by atoms with Gasteiger partial charge < -0.3 is 21.5 Å². The van der Waals surface area contributed by atoms with E-state index in [4.69, 9.17) is 10.8 Å². The summed E-state index contributed by atoms with van der Waals surface area (Å²) in [4.78, 5) is 14.8. The van der Waals surface area contributed by atoms with Crippen LogP contribution in [-0.2, 0) is 17.6 Å². The third-order valence-electron chi connectivity index (χ3n) is 3.62. The molecule has 0 atom stereocenters. The number of benzene rings is 1. The minimum atomic E-state index is -0.799. The molecule has 6 nitrogen and oxygen atoms in total. The van der Waals surface area contributed by atoms with Crippen molar-refractivity contribution in [3.8, 4) is 0 Å². The van der Waals surface area contributed by atoms with E-state index in [0.717, 1.165) is 49.3 Å². The first-order chi connectivity index (χ1) is 11.6. The van der Waals surface area contributed by atoms with E-state index in [0.29, 0.717) is 5.82 Å². The van der Waals surface area contributed by atoms with E-state index in [2.05, 4.69) is 15.6 Å². The monoisotopic (exact) mass is 328 g/mol. The van der Waals surface area contributed by atoms with E-state index >= 15 is 0 Å². The number of pyridine rings is 1. The second-order valence-electron chi connectivity index (χ2n) is 5.61. The number of nitrogens with one attached hydrogen (secondary N) is 2. The average molecular weight is 328 g/mol. The number of nitrogen functional groups attached to an aromatic ring is 1. The molecule has 0 aliphatic heterocycles. The normalized spacial score (nSPS) is 10.5. The largest absolute Gasteiger partial charge is 0.481 e. The van der Waals surface area contributed by atoms with E-state index in [1.54, 1.807) is 6.20 Å². The number of carbonyl (C=O) groups is 1. The van der Waals surface area contributed by atoms with Gasteiger partial charge in [0, 0.05) is 12.7 Å². The lowest BCUT2D eigenvalue weighted by Gasteiger charge is -2.09. The number of nitrogens with zero attached hydrogens (tertiary/aromatic N) is 1. The summed E-state index contributed by atoms with van der Waals surface area (Å²) >= 11 is 0. The first-order valence-corrected chi connectivity index (χ1v) is 8.10. The number of anilines is 2. The summed E-state index contributed by atoms with van der Waals surface area (Å²) < 4.78 is 0. The number of hydrogen-bond donors (Lipinski definition) is 4. The lowest BCUT2D eigenvalue weighted by atomic mass is 10.1. The zero-order valence-electron chi connectivity index (χ0n) is 13.7. The summed E-state index contributed by atoms with van der Waals surface area (Å²) in [5, 5.41) is 15.5. The van der Waals surface area contributed by atoms with Crippen LogP contribution in [-0.4, -0.2) is 35.7 Å². The molecule has 0 bridgehead atoms. The number of carboxylic acid groups (broad SMARTS) is 1. The molecule has 2 aromatic rings. The number of aliphatic carboxylic acids is 1. The van der Waals surface area contributed by atoms with Crippen LogP contribution in [0, 0.1) is 0 Å². The van der Waals surface area contributed by atoms with Crippen molar-refractivity contribution in [3.63, 3.8) is 0 Å². The van der Waals surface area contributed by atoms with E-state index in [1.165, 1.54) is 0 Å². The van der Waals surface area contributed by atoms with Crippen molar-refractivity contribution in [2.75, 3.05) is 30.7 Å². The quantitative estimate of drug-likeness (QED) is 0.497. The highest BCUT2D eigenvalue weighted by Gasteiger charge is 2.01. The molecule has 6 heteroatoms. The predicted octanol–water partition coefficient (Wildman–Crippen LogP) is 1.93. The maximum atomic E-state index is 10.7. The van der Waals surface area contributed by atoms with E-state index in [-0.39, 0.29) is 6.42 Å². The lowest BCUT2D eigenvalue weighted by Crippen LogP contribution is -2.21. The van der Waals surface area contributed by atoms with Gasteiger partial charge in [0.2, 0.25) is 0 Å². The number of rotatable bonds is 10. The Hall–Kier alpha value is -2.60. The van der Waals surface area contributed by atoms with Gasteiger partial charge in [-0.25, -0.2) is 4.98 Å². The van der Waals surface area contributed by atoms with Crippen LogP contribution in [0.15, 0.2) is 42.6 Å².